The van der Waals surface area contributed by atoms with Gasteiger partial charge in [0.25, 0.3) is 0 Å². The first kappa shape index (κ1) is 20.9. The first-order valence-corrected chi connectivity index (χ1v) is 10.9. The largest absolute Gasteiger partial charge is 0.378 e. The second-order valence-corrected chi connectivity index (χ2v) is 8.28. The van der Waals surface area contributed by atoms with E-state index >= 15 is 0 Å². The van der Waals surface area contributed by atoms with Gasteiger partial charge < -0.3 is 4.90 Å². The highest BCUT2D eigenvalue weighted by Gasteiger charge is 2.18. The van der Waals surface area contributed by atoms with Crippen molar-refractivity contribution in [3.8, 4) is 0 Å². The van der Waals surface area contributed by atoms with Crippen molar-refractivity contribution in [2.75, 3.05) is 23.9 Å². The molecular formula is C27H24BrN3. The maximum Gasteiger partial charge on any atom is 0.145 e. The summed E-state index contributed by atoms with van der Waals surface area (Å²) in [5.41, 5.74) is 5.20. The lowest BCUT2D eigenvalue weighted by molar-refractivity contribution is 1.13. The van der Waals surface area contributed by atoms with Crippen molar-refractivity contribution in [3.05, 3.63) is 119 Å². The number of para-hydroxylation sites is 2. The molecule has 154 valence electrons. The molecule has 0 bridgehead atoms. The van der Waals surface area contributed by atoms with Gasteiger partial charge in [0.05, 0.1) is 5.69 Å². The van der Waals surface area contributed by atoms with Crippen LogP contribution in [0.25, 0.3) is 0 Å². The lowest BCUT2D eigenvalue weighted by Gasteiger charge is -2.27. The van der Waals surface area contributed by atoms with E-state index < -0.39 is 0 Å². The van der Waals surface area contributed by atoms with Crippen LogP contribution in [-0.4, -0.2) is 19.9 Å². The third kappa shape index (κ3) is 5.04. The van der Waals surface area contributed by atoms with E-state index in [9.17, 15) is 0 Å². The molecule has 0 aliphatic carbocycles. The topological polar surface area (TPSA) is 18.8 Å². The summed E-state index contributed by atoms with van der Waals surface area (Å²) in [6.45, 7) is 0. The van der Waals surface area contributed by atoms with Gasteiger partial charge in [0.1, 0.15) is 5.84 Å². The molecule has 4 aromatic carbocycles. The van der Waals surface area contributed by atoms with E-state index in [1.54, 1.807) is 0 Å². The average molecular weight is 470 g/mol. The molecule has 0 amide bonds. The number of aliphatic imine (C=N–C) groups is 1. The van der Waals surface area contributed by atoms with Crippen molar-refractivity contribution in [1.29, 1.82) is 0 Å². The second-order valence-electron chi connectivity index (χ2n) is 7.36. The summed E-state index contributed by atoms with van der Waals surface area (Å²) in [7, 11) is 4.10. The molecule has 0 heterocycles. The van der Waals surface area contributed by atoms with E-state index in [0.717, 1.165) is 38.6 Å². The molecule has 4 rings (SSSR count). The van der Waals surface area contributed by atoms with Crippen molar-refractivity contribution in [2.45, 2.75) is 0 Å². The Kier molecular flexibility index (Phi) is 6.48. The normalized spacial score (nSPS) is 11.3. The van der Waals surface area contributed by atoms with E-state index in [-0.39, 0.29) is 0 Å². The molecule has 0 aliphatic rings. The Morgan fingerprint density at radius 3 is 1.61 bits per heavy atom. The summed E-state index contributed by atoms with van der Waals surface area (Å²) >= 11 is 3.52. The summed E-state index contributed by atoms with van der Waals surface area (Å²) < 4.78 is 1.03. The van der Waals surface area contributed by atoms with Crippen molar-refractivity contribution in [1.82, 2.24) is 0 Å². The Hall–Kier alpha value is -3.37. The molecule has 0 unspecified atom stereocenters. The minimum Gasteiger partial charge on any atom is -0.378 e. The Morgan fingerprint density at radius 2 is 1.13 bits per heavy atom. The fourth-order valence-electron chi connectivity index (χ4n) is 3.34. The van der Waals surface area contributed by atoms with Gasteiger partial charge in [-0.1, -0.05) is 52.3 Å². The second kappa shape index (κ2) is 9.63. The third-order valence-electron chi connectivity index (χ3n) is 4.94. The Balaban J connectivity index is 1.91. The highest BCUT2D eigenvalue weighted by molar-refractivity contribution is 9.10. The molecule has 0 saturated heterocycles. The molecule has 4 aromatic rings. The molecule has 3 nitrogen and oxygen atoms in total. The minimum atomic E-state index is 0.866. The highest BCUT2D eigenvalue weighted by atomic mass is 79.9. The Morgan fingerprint density at radius 1 is 0.613 bits per heavy atom. The summed E-state index contributed by atoms with van der Waals surface area (Å²) in [5, 5.41) is 0. The number of hydrogen-bond acceptors (Lipinski definition) is 2. The summed E-state index contributed by atoms with van der Waals surface area (Å²) in [6, 6.07) is 37.3. The molecule has 0 atom stereocenters. The smallest absolute Gasteiger partial charge is 0.145 e. The molecule has 31 heavy (non-hydrogen) atoms. The van der Waals surface area contributed by atoms with E-state index in [1.165, 1.54) is 0 Å². The number of benzene rings is 4. The van der Waals surface area contributed by atoms with Gasteiger partial charge in [-0.25, -0.2) is 4.99 Å². The minimum absolute atomic E-state index is 0.866. The zero-order valence-corrected chi connectivity index (χ0v) is 19.2. The van der Waals surface area contributed by atoms with E-state index in [0.29, 0.717) is 0 Å². The molecule has 0 saturated carbocycles. The standard InChI is InChI=1S/C27H24BrN3/c1-30(2)24-19-13-21(14-20-24)27(29-23-17-15-22(28)16-18-23)31(25-9-5-3-6-10-25)26-11-7-4-8-12-26/h3-20H,1-2H3. The quantitative estimate of drug-likeness (QED) is 0.223. The molecule has 0 radical (unpaired) electrons. The molecular weight excluding hydrogens is 446 g/mol. The van der Waals surface area contributed by atoms with E-state index in [2.05, 4.69) is 98.5 Å². The number of hydrogen-bond donors (Lipinski definition) is 0. The lowest BCUT2D eigenvalue weighted by Crippen LogP contribution is -2.27. The third-order valence-corrected chi connectivity index (χ3v) is 5.47. The van der Waals surface area contributed by atoms with E-state index in [1.807, 2.05) is 50.5 Å². The van der Waals surface area contributed by atoms with Crippen LogP contribution in [0.4, 0.5) is 22.7 Å². The van der Waals surface area contributed by atoms with Crippen LogP contribution < -0.4 is 9.80 Å². The Bertz CT molecular complexity index is 1100. The van der Waals surface area contributed by atoms with Crippen molar-refractivity contribution < 1.29 is 0 Å². The molecule has 4 heteroatoms. The zero-order valence-electron chi connectivity index (χ0n) is 17.6. The summed E-state index contributed by atoms with van der Waals surface area (Å²) in [5.74, 6) is 0.866. The van der Waals surface area contributed by atoms with Crippen LogP contribution in [0.2, 0.25) is 0 Å². The van der Waals surface area contributed by atoms with Gasteiger partial charge in [-0.05, 0) is 72.8 Å². The maximum atomic E-state index is 5.11. The molecule has 0 N–H and O–H groups in total. The SMILES string of the molecule is CN(C)c1ccc(C(=Nc2ccc(Br)cc2)N(c2ccccc2)c2ccccc2)cc1. The Labute approximate surface area is 192 Å². The fourth-order valence-corrected chi connectivity index (χ4v) is 3.60. The summed E-state index contributed by atoms with van der Waals surface area (Å²) in [4.78, 5) is 9.41. The van der Waals surface area contributed by atoms with Crippen LogP contribution in [0.5, 0.6) is 0 Å². The van der Waals surface area contributed by atoms with Crippen LogP contribution in [0.15, 0.2) is 119 Å². The number of anilines is 3. The summed E-state index contributed by atoms with van der Waals surface area (Å²) in [6.07, 6.45) is 0. The predicted octanol–water partition coefficient (Wildman–Crippen LogP) is 7.43. The van der Waals surface area contributed by atoms with Gasteiger partial charge in [-0.2, -0.15) is 0 Å². The number of amidine groups is 1. The average Bonchev–Trinajstić information content (AvgIpc) is 2.81. The van der Waals surface area contributed by atoms with Gasteiger partial charge in [-0.15, -0.1) is 0 Å². The van der Waals surface area contributed by atoms with Crippen molar-refractivity contribution in [3.63, 3.8) is 0 Å². The van der Waals surface area contributed by atoms with Crippen LogP contribution in [-0.2, 0) is 0 Å². The van der Waals surface area contributed by atoms with Crippen molar-refractivity contribution >= 4 is 44.5 Å². The van der Waals surface area contributed by atoms with Crippen LogP contribution in [0.1, 0.15) is 5.56 Å². The van der Waals surface area contributed by atoms with Gasteiger partial charge in [0.2, 0.25) is 0 Å². The fraction of sp³-hybridized carbons (Fsp3) is 0.0741. The lowest BCUT2D eigenvalue weighted by atomic mass is 10.1. The highest BCUT2D eigenvalue weighted by Crippen LogP contribution is 2.30. The number of rotatable bonds is 5. The number of halogens is 1. The van der Waals surface area contributed by atoms with E-state index in [4.69, 9.17) is 4.99 Å². The van der Waals surface area contributed by atoms with Crippen LogP contribution in [0, 0.1) is 0 Å². The van der Waals surface area contributed by atoms with Crippen LogP contribution >= 0.6 is 15.9 Å². The predicted molar refractivity (Wildman–Crippen MR) is 136 cm³/mol. The van der Waals surface area contributed by atoms with Gasteiger partial charge in [0, 0.05) is 41.2 Å². The zero-order chi connectivity index (χ0) is 21.6. The number of nitrogens with zero attached hydrogens (tertiary/aromatic N) is 3. The van der Waals surface area contributed by atoms with Crippen LogP contribution in [0.3, 0.4) is 0 Å². The van der Waals surface area contributed by atoms with Gasteiger partial charge in [-0.3, -0.25) is 4.90 Å². The molecule has 0 aromatic heterocycles. The van der Waals surface area contributed by atoms with Crippen molar-refractivity contribution in [2.24, 2.45) is 4.99 Å². The first-order chi connectivity index (χ1) is 15.1. The molecule has 0 spiro atoms. The van der Waals surface area contributed by atoms with Gasteiger partial charge >= 0.3 is 0 Å². The molecule has 0 fully saturated rings. The monoisotopic (exact) mass is 469 g/mol. The molecule has 0 aliphatic heterocycles. The first-order valence-electron chi connectivity index (χ1n) is 10.1. The van der Waals surface area contributed by atoms with Gasteiger partial charge in [0.15, 0.2) is 0 Å². The maximum absolute atomic E-state index is 5.11.